The molecule has 1 N–H and O–H groups in total. The number of hydrogen-bond acceptors (Lipinski definition) is 2. The molecule has 0 spiro atoms. The number of rotatable bonds is 6. The first-order valence-electron chi connectivity index (χ1n) is 5.51. The molecule has 1 aromatic carbocycles. The maximum absolute atomic E-state index is 10.9. The van der Waals surface area contributed by atoms with E-state index in [9.17, 15) is 4.79 Å². The Bertz CT molecular complexity index is 284. The number of nitrogens with one attached hydrogen (secondary N) is 1. The van der Waals surface area contributed by atoms with Crippen molar-refractivity contribution < 1.29 is 4.79 Å². The lowest BCUT2D eigenvalue weighted by Crippen LogP contribution is -2.38. The van der Waals surface area contributed by atoms with E-state index < -0.39 is 0 Å². The topological polar surface area (TPSA) is 29.1 Å². The molecule has 0 fully saturated rings. The maximum atomic E-state index is 10.9. The zero-order valence-corrected chi connectivity index (χ0v) is 9.44. The molecule has 0 aliphatic carbocycles. The predicted molar refractivity (Wildman–Crippen MR) is 62.9 cm³/mol. The zero-order chi connectivity index (χ0) is 11.1. The van der Waals surface area contributed by atoms with Crippen LogP contribution in [0.15, 0.2) is 30.3 Å². The van der Waals surface area contributed by atoms with Crippen molar-refractivity contribution in [1.82, 2.24) is 5.32 Å². The van der Waals surface area contributed by atoms with Crippen LogP contribution < -0.4 is 5.32 Å². The Morgan fingerprint density at radius 3 is 2.53 bits per heavy atom. The van der Waals surface area contributed by atoms with Gasteiger partial charge in [0.1, 0.15) is 6.29 Å². The molecule has 0 saturated carbocycles. The summed E-state index contributed by atoms with van der Waals surface area (Å²) in [5, 5.41) is 3.30. The third-order valence-corrected chi connectivity index (χ3v) is 2.57. The summed E-state index contributed by atoms with van der Waals surface area (Å²) in [5.41, 5.74) is 1.20. The Morgan fingerprint density at radius 2 is 2.00 bits per heavy atom. The van der Waals surface area contributed by atoms with Crippen molar-refractivity contribution in [1.29, 1.82) is 0 Å². The van der Waals surface area contributed by atoms with Crippen LogP contribution in [0.5, 0.6) is 0 Å². The standard InChI is InChI=1S/C13H19NO/c1-3-11(2)14-13(10-15)9-12-7-5-4-6-8-12/h4-8,10-11,13-14H,3,9H2,1-2H3. The monoisotopic (exact) mass is 205 g/mol. The molecule has 0 aliphatic rings. The van der Waals surface area contributed by atoms with E-state index in [1.54, 1.807) is 0 Å². The van der Waals surface area contributed by atoms with Gasteiger partial charge >= 0.3 is 0 Å². The maximum Gasteiger partial charge on any atom is 0.137 e. The fourth-order valence-corrected chi connectivity index (χ4v) is 1.50. The summed E-state index contributed by atoms with van der Waals surface area (Å²) in [5.74, 6) is 0. The molecule has 0 amide bonds. The van der Waals surface area contributed by atoms with Crippen LogP contribution in [0.3, 0.4) is 0 Å². The van der Waals surface area contributed by atoms with Crippen LogP contribution in [0.2, 0.25) is 0 Å². The highest BCUT2D eigenvalue weighted by molar-refractivity contribution is 5.58. The van der Waals surface area contributed by atoms with Crippen LogP contribution in [-0.2, 0) is 11.2 Å². The quantitative estimate of drug-likeness (QED) is 0.721. The molecule has 0 heterocycles. The van der Waals surface area contributed by atoms with Gasteiger partial charge in [0.2, 0.25) is 0 Å². The van der Waals surface area contributed by atoms with Gasteiger partial charge in [-0.05, 0) is 25.3 Å². The van der Waals surface area contributed by atoms with E-state index in [0.29, 0.717) is 6.04 Å². The van der Waals surface area contributed by atoms with Gasteiger partial charge in [-0.3, -0.25) is 0 Å². The Morgan fingerprint density at radius 1 is 1.33 bits per heavy atom. The van der Waals surface area contributed by atoms with E-state index >= 15 is 0 Å². The van der Waals surface area contributed by atoms with Crippen LogP contribution in [0, 0.1) is 0 Å². The Hall–Kier alpha value is -1.15. The molecule has 0 aromatic heterocycles. The molecule has 2 heteroatoms. The van der Waals surface area contributed by atoms with Gasteiger partial charge < -0.3 is 10.1 Å². The van der Waals surface area contributed by atoms with Gasteiger partial charge in [-0.15, -0.1) is 0 Å². The Kier molecular flexibility index (Phi) is 5.05. The molecular formula is C13H19NO. The summed E-state index contributed by atoms with van der Waals surface area (Å²) in [6, 6.07) is 10.4. The number of hydrogen-bond donors (Lipinski definition) is 1. The molecule has 82 valence electrons. The van der Waals surface area contributed by atoms with Gasteiger partial charge in [0.05, 0.1) is 6.04 Å². The molecule has 15 heavy (non-hydrogen) atoms. The lowest BCUT2D eigenvalue weighted by Gasteiger charge is -2.17. The van der Waals surface area contributed by atoms with Gasteiger partial charge in [0.25, 0.3) is 0 Å². The van der Waals surface area contributed by atoms with Crippen LogP contribution >= 0.6 is 0 Å². The summed E-state index contributed by atoms with van der Waals surface area (Å²) in [6.45, 7) is 4.21. The lowest BCUT2D eigenvalue weighted by atomic mass is 10.1. The fourth-order valence-electron chi connectivity index (χ4n) is 1.50. The summed E-state index contributed by atoms with van der Waals surface area (Å²) in [4.78, 5) is 10.9. The predicted octanol–water partition coefficient (Wildman–Crippen LogP) is 2.18. The SMILES string of the molecule is CCC(C)NC(C=O)Cc1ccccc1. The van der Waals surface area contributed by atoms with Crippen LogP contribution in [-0.4, -0.2) is 18.4 Å². The third kappa shape index (κ3) is 4.26. The summed E-state index contributed by atoms with van der Waals surface area (Å²) in [7, 11) is 0. The van der Waals surface area contributed by atoms with Crippen molar-refractivity contribution in [3.63, 3.8) is 0 Å². The second-order valence-electron chi connectivity index (χ2n) is 3.91. The first-order chi connectivity index (χ1) is 7.26. The first-order valence-corrected chi connectivity index (χ1v) is 5.51. The summed E-state index contributed by atoms with van der Waals surface area (Å²) >= 11 is 0. The van der Waals surface area contributed by atoms with Gasteiger partial charge in [0, 0.05) is 6.04 Å². The van der Waals surface area contributed by atoms with Gasteiger partial charge in [-0.25, -0.2) is 0 Å². The van der Waals surface area contributed by atoms with E-state index in [4.69, 9.17) is 0 Å². The lowest BCUT2D eigenvalue weighted by molar-refractivity contribution is -0.109. The highest BCUT2D eigenvalue weighted by Gasteiger charge is 2.10. The normalized spacial score (nSPS) is 14.5. The Labute approximate surface area is 91.7 Å². The van der Waals surface area contributed by atoms with E-state index in [-0.39, 0.29) is 6.04 Å². The van der Waals surface area contributed by atoms with Crippen molar-refractivity contribution in [2.45, 2.75) is 38.8 Å². The average molecular weight is 205 g/mol. The van der Waals surface area contributed by atoms with Crippen LogP contribution in [0.1, 0.15) is 25.8 Å². The van der Waals surface area contributed by atoms with Gasteiger partial charge in [0.15, 0.2) is 0 Å². The van der Waals surface area contributed by atoms with E-state index in [1.807, 2.05) is 18.2 Å². The van der Waals surface area contributed by atoms with Crippen LogP contribution in [0.25, 0.3) is 0 Å². The number of aldehydes is 1. The molecular weight excluding hydrogens is 186 g/mol. The number of carbonyl (C=O) groups excluding carboxylic acids is 1. The van der Waals surface area contributed by atoms with Crippen molar-refractivity contribution in [3.8, 4) is 0 Å². The number of benzene rings is 1. The molecule has 2 nitrogen and oxygen atoms in total. The molecule has 2 unspecified atom stereocenters. The van der Waals surface area contributed by atoms with Crippen molar-refractivity contribution >= 4 is 6.29 Å². The molecule has 1 rings (SSSR count). The molecule has 0 radical (unpaired) electrons. The zero-order valence-electron chi connectivity index (χ0n) is 9.44. The first kappa shape index (κ1) is 11.9. The van der Waals surface area contributed by atoms with E-state index in [0.717, 1.165) is 19.1 Å². The van der Waals surface area contributed by atoms with Gasteiger partial charge in [-0.1, -0.05) is 37.3 Å². The second-order valence-corrected chi connectivity index (χ2v) is 3.91. The molecule has 2 atom stereocenters. The minimum atomic E-state index is -0.0673. The van der Waals surface area contributed by atoms with Crippen molar-refractivity contribution in [3.05, 3.63) is 35.9 Å². The second kappa shape index (κ2) is 6.36. The van der Waals surface area contributed by atoms with Crippen LogP contribution in [0.4, 0.5) is 0 Å². The highest BCUT2D eigenvalue weighted by atomic mass is 16.1. The third-order valence-electron chi connectivity index (χ3n) is 2.57. The fraction of sp³-hybridized carbons (Fsp3) is 0.462. The van der Waals surface area contributed by atoms with Crippen molar-refractivity contribution in [2.24, 2.45) is 0 Å². The van der Waals surface area contributed by atoms with Crippen molar-refractivity contribution in [2.75, 3.05) is 0 Å². The molecule has 0 bridgehead atoms. The van der Waals surface area contributed by atoms with E-state index in [2.05, 4.69) is 31.3 Å². The molecule has 0 saturated heterocycles. The van der Waals surface area contributed by atoms with E-state index in [1.165, 1.54) is 5.56 Å². The summed E-state index contributed by atoms with van der Waals surface area (Å²) in [6.07, 6.45) is 2.81. The Balaban J connectivity index is 2.50. The summed E-state index contributed by atoms with van der Waals surface area (Å²) < 4.78 is 0. The minimum Gasteiger partial charge on any atom is -0.305 e. The number of carbonyl (C=O) groups is 1. The highest BCUT2D eigenvalue weighted by Crippen LogP contribution is 2.03. The molecule has 1 aromatic rings. The molecule has 0 aliphatic heterocycles. The largest absolute Gasteiger partial charge is 0.305 e. The average Bonchev–Trinajstić information content (AvgIpc) is 2.29. The minimum absolute atomic E-state index is 0.0673. The van der Waals surface area contributed by atoms with Gasteiger partial charge in [-0.2, -0.15) is 0 Å². The smallest absolute Gasteiger partial charge is 0.137 e.